The number of hydrogen-bond donors (Lipinski definition) is 0. The van der Waals surface area contributed by atoms with Crippen molar-refractivity contribution in [2.75, 3.05) is 0 Å². The van der Waals surface area contributed by atoms with Gasteiger partial charge in [-0.25, -0.2) is 4.98 Å². The van der Waals surface area contributed by atoms with Crippen molar-refractivity contribution in [1.29, 1.82) is 5.26 Å². The third-order valence-electron chi connectivity index (χ3n) is 2.02. The second kappa shape index (κ2) is 3.15. The van der Waals surface area contributed by atoms with Crippen LogP contribution in [-0.2, 0) is 6.42 Å². The second-order valence-corrected chi connectivity index (χ2v) is 3.66. The van der Waals surface area contributed by atoms with E-state index in [1.807, 2.05) is 12.1 Å². The van der Waals surface area contributed by atoms with E-state index in [1.165, 1.54) is 16.9 Å². The molecule has 0 saturated carbocycles. The van der Waals surface area contributed by atoms with Crippen LogP contribution < -0.4 is 0 Å². The van der Waals surface area contributed by atoms with Crippen LogP contribution in [0.4, 0.5) is 0 Å². The van der Waals surface area contributed by atoms with Crippen LogP contribution in [0.25, 0.3) is 10.2 Å². The predicted molar refractivity (Wildman–Crippen MR) is 53.7 cm³/mol. The van der Waals surface area contributed by atoms with E-state index in [0.29, 0.717) is 0 Å². The molecular formula is C10H8N2S. The monoisotopic (exact) mass is 188 g/mol. The molecule has 13 heavy (non-hydrogen) atoms. The Balaban J connectivity index is 2.79. The summed E-state index contributed by atoms with van der Waals surface area (Å²) in [6.45, 7) is 2.08. The summed E-state index contributed by atoms with van der Waals surface area (Å²) >= 11 is 1.52. The van der Waals surface area contributed by atoms with Crippen LogP contribution in [0.15, 0.2) is 17.6 Å². The Hall–Kier alpha value is -1.40. The first-order valence-corrected chi connectivity index (χ1v) is 4.99. The van der Waals surface area contributed by atoms with E-state index in [1.54, 1.807) is 5.51 Å². The lowest BCUT2D eigenvalue weighted by Gasteiger charge is -1.97. The van der Waals surface area contributed by atoms with Gasteiger partial charge in [-0.2, -0.15) is 5.26 Å². The molecule has 0 saturated heterocycles. The van der Waals surface area contributed by atoms with E-state index in [4.69, 9.17) is 5.26 Å². The van der Waals surface area contributed by atoms with Crippen molar-refractivity contribution >= 4 is 21.6 Å². The maximum Gasteiger partial charge on any atom is 0.101 e. The standard InChI is InChI=1S/C10H8N2S/c1-2-7-3-8(5-11)10-9(4-7)12-6-13-10/h3-4,6H,2H2,1H3. The largest absolute Gasteiger partial charge is 0.245 e. The van der Waals surface area contributed by atoms with Gasteiger partial charge in [0.05, 0.1) is 21.3 Å². The van der Waals surface area contributed by atoms with Crippen molar-refractivity contribution in [2.45, 2.75) is 13.3 Å². The fourth-order valence-electron chi connectivity index (χ4n) is 1.31. The van der Waals surface area contributed by atoms with E-state index >= 15 is 0 Å². The third kappa shape index (κ3) is 1.30. The molecule has 1 aromatic carbocycles. The number of aromatic nitrogens is 1. The number of aryl methyl sites for hydroxylation is 1. The number of hydrogen-bond acceptors (Lipinski definition) is 3. The van der Waals surface area contributed by atoms with E-state index in [9.17, 15) is 0 Å². The van der Waals surface area contributed by atoms with E-state index in [0.717, 1.165) is 22.2 Å². The van der Waals surface area contributed by atoms with Gasteiger partial charge in [-0.3, -0.25) is 0 Å². The highest BCUT2D eigenvalue weighted by atomic mass is 32.1. The van der Waals surface area contributed by atoms with Crippen LogP contribution in [0.2, 0.25) is 0 Å². The van der Waals surface area contributed by atoms with Crippen LogP contribution in [0.3, 0.4) is 0 Å². The highest BCUT2D eigenvalue weighted by molar-refractivity contribution is 7.17. The molecule has 0 aliphatic rings. The molecule has 2 rings (SSSR count). The molecule has 0 radical (unpaired) electrons. The average Bonchev–Trinajstić information content (AvgIpc) is 2.63. The number of rotatable bonds is 1. The molecule has 0 unspecified atom stereocenters. The zero-order valence-corrected chi connectivity index (χ0v) is 8.06. The summed E-state index contributed by atoms with van der Waals surface area (Å²) in [7, 11) is 0. The lowest BCUT2D eigenvalue weighted by Crippen LogP contribution is -1.83. The van der Waals surface area contributed by atoms with Gasteiger partial charge in [0.1, 0.15) is 6.07 Å². The number of nitrogens with zero attached hydrogens (tertiary/aromatic N) is 2. The van der Waals surface area contributed by atoms with Gasteiger partial charge in [0.15, 0.2) is 0 Å². The molecular weight excluding hydrogens is 180 g/mol. The molecule has 0 bridgehead atoms. The molecule has 0 aliphatic carbocycles. The number of thiazole rings is 1. The van der Waals surface area contributed by atoms with E-state index in [-0.39, 0.29) is 0 Å². The third-order valence-corrected chi connectivity index (χ3v) is 2.90. The molecule has 0 N–H and O–H groups in total. The summed E-state index contributed by atoms with van der Waals surface area (Å²) in [5, 5.41) is 8.90. The van der Waals surface area contributed by atoms with E-state index in [2.05, 4.69) is 18.0 Å². The second-order valence-electron chi connectivity index (χ2n) is 2.81. The molecule has 0 atom stereocenters. The fourth-order valence-corrected chi connectivity index (χ4v) is 2.05. The Morgan fingerprint density at radius 3 is 3.08 bits per heavy atom. The van der Waals surface area contributed by atoms with Gasteiger partial charge in [-0.1, -0.05) is 6.92 Å². The minimum absolute atomic E-state index is 0.747. The lowest BCUT2D eigenvalue weighted by atomic mass is 10.1. The lowest BCUT2D eigenvalue weighted by molar-refractivity contribution is 1.14. The van der Waals surface area contributed by atoms with Crippen molar-refractivity contribution in [3.05, 3.63) is 28.8 Å². The maximum absolute atomic E-state index is 8.90. The minimum atomic E-state index is 0.747. The minimum Gasteiger partial charge on any atom is -0.245 e. The van der Waals surface area contributed by atoms with Gasteiger partial charge in [0.25, 0.3) is 0 Å². The zero-order chi connectivity index (χ0) is 9.26. The van der Waals surface area contributed by atoms with Crippen LogP contribution in [0, 0.1) is 11.3 Å². The highest BCUT2D eigenvalue weighted by Crippen LogP contribution is 2.23. The molecule has 1 heterocycles. The highest BCUT2D eigenvalue weighted by Gasteiger charge is 2.04. The van der Waals surface area contributed by atoms with Crippen molar-refractivity contribution in [3.8, 4) is 6.07 Å². The molecule has 2 aromatic rings. The van der Waals surface area contributed by atoms with Gasteiger partial charge in [-0.15, -0.1) is 11.3 Å². The van der Waals surface area contributed by atoms with Crippen molar-refractivity contribution in [2.24, 2.45) is 0 Å². The van der Waals surface area contributed by atoms with E-state index < -0.39 is 0 Å². The molecule has 64 valence electrons. The summed E-state index contributed by atoms with van der Waals surface area (Å²) in [4.78, 5) is 4.20. The Morgan fingerprint density at radius 2 is 2.38 bits per heavy atom. The van der Waals surface area contributed by atoms with Crippen LogP contribution in [-0.4, -0.2) is 4.98 Å². The molecule has 3 heteroatoms. The Labute approximate surface area is 80.5 Å². The predicted octanol–water partition coefficient (Wildman–Crippen LogP) is 2.73. The van der Waals surface area contributed by atoms with Crippen LogP contribution >= 0.6 is 11.3 Å². The van der Waals surface area contributed by atoms with Crippen molar-refractivity contribution in [3.63, 3.8) is 0 Å². The molecule has 0 amide bonds. The van der Waals surface area contributed by atoms with Gasteiger partial charge >= 0.3 is 0 Å². The Bertz CT molecular complexity index is 479. The summed E-state index contributed by atoms with van der Waals surface area (Å²) in [5.74, 6) is 0. The van der Waals surface area contributed by atoms with Gasteiger partial charge in [0, 0.05) is 0 Å². The average molecular weight is 188 g/mol. The number of benzene rings is 1. The smallest absolute Gasteiger partial charge is 0.101 e. The van der Waals surface area contributed by atoms with Crippen molar-refractivity contribution in [1.82, 2.24) is 4.98 Å². The summed E-state index contributed by atoms with van der Waals surface area (Å²) in [6.07, 6.45) is 0.947. The van der Waals surface area contributed by atoms with Crippen molar-refractivity contribution < 1.29 is 0 Å². The molecule has 0 spiro atoms. The molecule has 1 aromatic heterocycles. The zero-order valence-electron chi connectivity index (χ0n) is 7.24. The number of nitriles is 1. The summed E-state index contributed by atoms with van der Waals surface area (Å²) in [5.41, 5.74) is 4.65. The maximum atomic E-state index is 8.90. The van der Waals surface area contributed by atoms with Gasteiger partial charge in [0.2, 0.25) is 0 Å². The Kier molecular flexibility index (Phi) is 1.99. The first-order valence-electron chi connectivity index (χ1n) is 4.11. The quantitative estimate of drug-likeness (QED) is 0.690. The SMILES string of the molecule is CCc1cc(C#N)c2scnc2c1. The normalized spacial score (nSPS) is 10.2. The summed E-state index contributed by atoms with van der Waals surface area (Å²) < 4.78 is 1.000. The summed E-state index contributed by atoms with van der Waals surface area (Å²) in [6, 6.07) is 6.19. The molecule has 0 fully saturated rings. The Morgan fingerprint density at radius 1 is 1.54 bits per heavy atom. The van der Waals surface area contributed by atoms with Crippen LogP contribution in [0.1, 0.15) is 18.1 Å². The first-order chi connectivity index (χ1) is 6.35. The molecule has 2 nitrogen and oxygen atoms in total. The van der Waals surface area contributed by atoms with Gasteiger partial charge < -0.3 is 0 Å². The topological polar surface area (TPSA) is 36.7 Å². The fraction of sp³-hybridized carbons (Fsp3) is 0.200. The van der Waals surface area contributed by atoms with Crippen LogP contribution in [0.5, 0.6) is 0 Å². The van der Waals surface area contributed by atoms with Gasteiger partial charge in [-0.05, 0) is 24.1 Å². The number of fused-ring (bicyclic) bond motifs is 1. The molecule has 0 aliphatic heterocycles. The first kappa shape index (κ1) is 8.21.